The van der Waals surface area contributed by atoms with Crippen molar-refractivity contribution in [3.8, 4) is 38.1 Å². The minimum atomic E-state index is -0.689. The number of carbonyl (C=O) groups excluding carboxylic acids is 2. The number of benzene rings is 3. The Morgan fingerprint density at radius 3 is 1.68 bits per heavy atom. The van der Waals surface area contributed by atoms with Crippen LogP contribution in [0.4, 0.5) is 0 Å². The summed E-state index contributed by atoms with van der Waals surface area (Å²) < 4.78 is 19.5. The van der Waals surface area contributed by atoms with Crippen molar-refractivity contribution in [3.63, 3.8) is 0 Å². The first-order valence-electron chi connectivity index (χ1n) is 17.9. The molecule has 0 N–H and O–H groups in total. The topological polar surface area (TPSA) is 96.5 Å². The highest BCUT2D eigenvalue weighted by Gasteiger charge is 2.34. The van der Waals surface area contributed by atoms with Gasteiger partial charge in [-0.1, -0.05) is 65.8 Å². The van der Waals surface area contributed by atoms with Crippen molar-refractivity contribution in [2.24, 2.45) is 0 Å². The quantitative estimate of drug-likeness (QED) is 0.144. The van der Waals surface area contributed by atoms with E-state index in [4.69, 9.17) is 13.9 Å². The lowest BCUT2D eigenvalue weighted by atomic mass is 9.85. The number of thiophene rings is 1. The average Bonchev–Trinajstić information content (AvgIpc) is 3.86. The molecule has 3 aromatic carbocycles. The molecule has 7 rings (SSSR count). The number of rotatable bonds is 8. The van der Waals surface area contributed by atoms with Gasteiger partial charge in [-0.2, -0.15) is 0 Å². The molecule has 0 unspecified atom stereocenters. The summed E-state index contributed by atoms with van der Waals surface area (Å²) in [6.07, 6.45) is 4.44. The zero-order valence-corrected chi connectivity index (χ0v) is 32.2. The summed E-state index contributed by atoms with van der Waals surface area (Å²) in [6.45, 7) is 17.2. The first kappa shape index (κ1) is 35.8. The van der Waals surface area contributed by atoms with Crippen molar-refractivity contribution in [2.75, 3.05) is 13.2 Å². The maximum Gasteiger partial charge on any atom is 0.343 e. The number of furan rings is 1. The SMILES string of the molecule is CCOC(=O)c1c(-c2cncnc2)oc(-c2ccc(-c3ccc(-n4c5ccc(C(C)(C)C)cc5c5cc(C(C)(C)C)ccc54)cc3)s2)c1C(=O)OCC. The maximum absolute atomic E-state index is 13.4. The van der Waals surface area contributed by atoms with E-state index < -0.39 is 11.9 Å². The van der Waals surface area contributed by atoms with E-state index in [9.17, 15) is 9.59 Å². The molecule has 9 heteroatoms. The van der Waals surface area contributed by atoms with E-state index in [-0.39, 0.29) is 46.7 Å². The zero-order chi connectivity index (χ0) is 37.7. The lowest BCUT2D eigenvalue weighted by Gasteiger charge is -2.19. The number of hydrogen-bond donors (Lipinski definition) is 0. The Hall–Kier alpha value is -5.54. The summed E-state index contributed by atoms with van der Waals surface area (Å²) in [4.78, 5) is 36.6. The molecule has 53 heavy (non-hydrogen) atoms. The average molecular weight is 726 g/mol. The van der Waals surface area contributed by atoms with E-state index in [1.54, 1.807) is 13.8 Å². The van der Waals surface area contributed by atoms with Crippen LogP contribution in [0.5, 0.6) is 0 Å². The summed E-state index contributed by atoms with van der Waals surface area (Å²) in [7, 11) is 0. The molecule has 270 valence electrons. The molecule has 0 saturated heterocycles. The summed E-state index contributed by atoms with van der Waals surface area (Å²) in [5.41, 5.74) is 7.47. The molecule has 0 fully saturated rings. The normalized spacial score (nSPS) is 12.1. The maximum atomic E-state index is 13.4. The van der Waals surface area contributed by atoms with E-state index in [0.29, 0.717) is 10.4 Å². The summed E-state index contributed by atoms with van der Waals surface area (Å²) in [6, 6.07) is 26.1. The molecule has 0 amide bonds. The molecule has 0 spiro atoms. The van der Waals surface area contributed by atoms with Gasteiger partial charge in [-0.3, -0.25) is 0 Å². The molecule has 8 nitrogen and oxygen atoms in total. The second-order valence-corrected chi connectivity index (χ2v) is 16.2. The molecular formula is C44H43N3O5S. The first-order chi connectivity index (χ1) is 25.3. The van der Waals surface area contributed by atoms with Crippen LogP contribution in [0, 0.1) is 0 Å². The van der Waals surface area contributed by atoms with Gasteiger partial charge in [-0.25, -0.2) is 19.6 Å². The Morgan fingerprint density at radius 1 is 0.660 bits per heavy atom. The lowest BCUT2D eigenvalue weighted by molar-refractivity contribution is 0.0481. The van der Waals surface area contributed by atoms with Crippen molar-refractivity contribution in [2.45, 2.75) is 66.2 Å². The van der Waals surface area contributed by atoms with Gasteiger partial charge < -0.3 is 18.5 Å². The van der Waals surface area contributed by atoms with Gasteiger partial charge in [0.05, 0.1) is 34.7 Å². The number of esters is 2. The highest BCUT2D eigenvalue weighted by atomic mass is 32.1. The van der Waals surface area contributed by atoms with Crippen molar-refractivity contribution in [1.29, 1.82) is 0 Å². The number of nitrogens with zero attached hydrogens (tertiary/aromatic N) is 3. The van der Waals surface area contributed by atoms with Gasteiger partial charge in [0.2, 0.25) is 0 Å². The molecule has 7 aromatic rings. The van der Waals surface area contributed by atoms with E-state index in [2.05, 4.69) is 117 Å². The highest BCUT2D eigenvalue weighted by molar-refractivity contribution is 7.18. The number of ether oxygens (including phenoxy) is 2. The highest BCUT2D eigenvalue weighted by Crippen LogP contribution is 2.43. The predicted octanol–water partition coefficient (Wildman–Crippen LogP) is 11.2. The molecule has 0 bridgehead atoms. The summed E-state index contributed by atoms with van der Waals surface area (Å²) in [5.74, 6) is -0.984. The van der Waals surface area contributed by atoms with Gasteiger partial charge in [-0.15, -0.1) is 11.3 Å². The molecule has 0 atom stereocenters. The van der Waals surface area contributed by atoms with Gasteiger partial charge in [0.1, 0.15) is 17.5 Å². The first-order valence-corrected chi connectivity index (χ1v) is 18.7. The minimum absolute atomic E-state index is 0.00943. The van der Waals surface area contributed by atoms with Crippen LogP contribution in [0.25, 0.3) is 59.9 Å². The molecule has 0 aliphatic heterocycles. The molecular weight excluding hydrogens is 683 g/mol. The van der Waals surface area contributed by atoms with Crippen molar-refractivity contribution >= 4 is 45.1 Å². The van der Waals surface area contributed by atoms with E-state index in [1.807, 2.05) is 12.1 Å². The fraction of sp³-hybridized carbons (Fsp3) is 0.273. The van der Waals surface area contributed by atoms with Crippen molar-refractivity contribution in [3.05, 3.63) is 114 Å². The Labute approximate surface area is 313 Å². The molecule has 0 aliphatic rings. The Morgan fingerprint density at radius 2 is 1.17 bits per heavy atom. The second kappa shape index (κ2) is 13.8. The van der Waals surface area contributed by atoms with Crippen molar-refractivity contribution < 1.29 is 23.5 Å². The number of hydrogen-bond acceptors (Lipinski definition) is 8. The minimum Gasteiger partial charge on any atom is -0.462 e. The third kappa shape index (κ3) is 6.66. The second-order valence-electron chi connectivity index (χ2n) is 15.1. The van der Waals surface area contributed by atoms with Crippen LogP contribution >= 0.6 is 11.3 Å². The van der Waals surface area contributed by atoms with Gasteiger partial charge in [0, 0.05) is 33.7 Å². The third-order valence-corrected chi connectivity index (χ3v) is 10.6. The lowest BCUT2D eigenvalue weighted by Crippen LogP contribution is -2.13. The van der Waals surface area contributed by atoms with Gasteiger partial charge in [0.15, 0.2) is 11.5 Å². The third-order valence-electron chi connectivity index (χ3n) is 9.43. The van der Waals surface area contributed by atoms with Crippen LogP contribution in [0.2, 0.25) is 0 Å². The van der Waals surface area contributed by atoms with Crippen LogP contribution in [-0.2, 0) is 20.3 Å². The van der Waals surface area contributed by atoms with E-state index in [1.165, 1.54) is 52.0 Å². The Balaban J connectivity index is 1.31. The van der Waals surface area contributed by atoms with Crippen LogP contribution in [0.15, 0.2) is 95.9 Å². The van der Waals surface area contributed by atoms with Crippen molar-refractivity contribution in [1.82, 2.24) is 14.5 Å². The Kier molecular flexibility index (Phi) is 9.32. The largest absolute Gasteiger partial charge is 0.462 e. The zero-order valence-electron chi connectivity index (χ0n) is 31.4. The molecule has 4 heterocycles. The fourth-order valence-electron chi connectivity index (χ4n) is 6.64. The summed E-state index contributed by atoms with van der Waals surface area (Å²) in [5, 5.41) is 2.48. The predicted molar refractivity (Wildman–Crippen MR) is 212 cm³/mol. The van der Waals surface area contributed by atoms with Crippen LogP contribution in [0.3, 0.4) is 0 Å². The van der Waals surface area contributed by atoms with E-state index in [0.717, 1.165) is 27.2 Å². The smallest absolute Gasteiger partial charge is 0.343 e. The Bertz CT molecular complexity index is 2400. The molecule has 0 aliphatic carbocycles. The van der Waals surface area contributed by atoms with Crippen LogP contribution in [-0.4, -0.2) is 39.7 Å². The van der Waals surface area contributed by atoms with E-state index >= 15 is 0 Å². The van der Waals surface area contributed by atoms with Gasteiger partial charge in [0.25, 0.3) is 0 Å². The number of fused-ring (bicyclic) bond motifs is 3. The molecule has 4 aromatic heterocycles. The molecule has 0 radical (unpaired) electrons. The monoisotopic (exact) mass is 725 g/mol. The van der Waals surface area contributed by atoms with Gasteiger partial charge in [-0.05, 0) is 89.9 Å². The van der Waals surface area contributed by atoms with Crippen LogP contribution in [0.1, 0.15) is 87.2 Å². The standard InChI is InChI=1S/C44H43N3O5S/c1-9-50-41(48)37-38(42(49)51-10-2)40(52-39(37)27-23-45-25-46-24-27)36-20-19-35(53-36)26-11-15-30(16-12-26)47-33-17-13-28(43(3,4)5)21-31(33)32-22-29(44(6,7)8)14-18-34(32)47/h11-25H,9-10H2,1-8H3. The van der Waals surface area contributed by atoms with Gasteiger partial charge >= 0.3 is 11.9 Å². The van der Waals surface area contributed by atoms with Crippen LogP contribution < -0.4 is 0 Å². The molecule has 0 saturated carbocycles. The fourth-order valence-corrected chi connectivity index (χ4v) is 7.64. The number of carbonyl (C=O) groups is 2. The number of aromatic nitrogens is 3. The summed E-state index contributed by atoms with van der Waals surface area (Å²) >= 11 is 1.46.